The lowest BCUT2D eigenvalue weighted by molar-refractivity contribution is 0.371. The molecule has 0 fully saturated rings. The molecule has 1 unspecified atom stereocenters. The van der Waals surface area contributed by atoms with Crippen molar-refractivity contribution in [3.05, 3.63) is 53.4 Å². The van der Waals surface area contributed by atoms with Crippen molar-refractivity contribution < 1.29 is 4.52 Å². The second-order valence-corrected chi connectivity index (χ2v) is 5.91. The molecule has 1 atom stereocenters. The Morgan fingerprint density at radius 3 is 2.70 bits per heavy atom. The third-order valence-corrected chi connectivity index (χ3v) is 4.08. The van der Waals surface area contributed by atoms with E-state index < -0.39 is 0 Å². The van der Waals surface area contributed by atoms with Crippen LogP contribution in [0.2, 0.25) is 0 Å². The molecule has 6 nitrogen and oxygen atoms in total. The van der Waals surface area contributed by atoms with E-state index in [1.807, 2.05) is 37.3 Å². The van der Waals surface area contributed by atoms with Gasteiger partial charge in [-0.05, 0) is 12.0 Å². The van der Waals surface area contributed by atoms with Gasteiger partial charge in [0.2, 0.25) is 11.0 Å². The molecule has 0 amide bonds. The molecule has 0 aliphatic rings. The molecule has 0 aliphatic heterocycles. The molecule has 0 aliphatic carbocycles. The number of benzene rings is 1. The first-order valence-electron chi connectivity index (χ1n) is 7.76. The minimum atomic E-state index is -0.205. The second-order valence-electron chi connectivity index (χ2n) is 5.15. The molecule has 3 rings (SSSR count). The van der Waals surface area contributed by atoms with Gasteiger partial charge in [0, 0.05) is 24.4 Å². The normalized spacial score (nSPS) is 12.3. The molecule has 3 aromatic rings. The molecule has 0 saturated heterocycles. The van der Waals surface area contributed by atoms with Crippen LogP contribution in [0.3, 0.4) is 0 Å². The van der Waals surface area contributed by atoms with E-state index in [0.717, 1.165) is 35.8 Å². The molecule has 120 valence electrons. The topological polar surface area (TPSA) is 76.7 Å². The van der Waals surface area contributed by atoms with Crippen LogP contribution in [-0.2, 0) is 12.8 Å². The van der Waals surface area contributed by atoms with Crippen LogP contribution in [0.1, 0.15) is 49.4 Å². The minimum absolute atomic E-state index is 0.205. The summed E-state index contributed by atoms with van der Waals surface area (Å²) in [6, 6.07) is 9.84. The van der Waals surface area contributed by atoms with Crippen LogP contribution < -0.4 is 5.32 Å². The van der Waals surface area contributed by atoms with Crippen molar-refractivity contribution in [2.45, 2.75) is 39.2 Å². The Hall–Kier alpha value is -2.28. The van der Waals surface area contributed by atoms with Crippen LogP contribution in [0.5, 0.6) is 0 Å². The van der Waals surface area contributed by atoms with Crippen LogP contribution in [-0.4, -0.2) is 19.5 Å². The molecule has 2 aromatic heterocycles. The van der Waals surface area contributed by atoms with Gasteiger partial charge in [-0.15, -0.1) is 0 Å². The van der Waals surface area contributed by atoms with E-state index in [4.69, 9.17) is 4.52 Å². The first-order valence-corrected chi connectivity index (χ1v) is 8.54. The lowest BCUT2D eigenvalue weighted by atomic mass is 10.1. The van der Waals surface area contributed by atoms with Crippen molar-refractivity contribution in [3.63, 3.8) is 0 Å². The van der Waals surface area contributed by atoms with Gasteiger partial charge >= 0.3 is 0 Å². The average molecular weight is 329 g/mol. The maximum atomic E-state index is 5.34. The summed E-state index contributed by atoms with van der Waals surface area (Å²) in [6.07, 6.45) is 2.58. The molecule has 0 bridgehead atoms. The number of anilines is 1. The van der Waals surface area contributed by atoms with E-state index in [-0.39, 0.29) is 6.04 Å². The molecule has 23 heavy (non-hydrogen) atoms. The molecule has 0 saturated carbocycles. The van der Waals surface area contributed by atoms with Gasteiger partial charge in [0.05, 0.1) is 0 Å². The fourth-order valence-corrected chi connectivity index (χ4v) is 2.90. The number of rotatable bonds is 7. The highest BCUT2D eigenvalue weighted by atomic mass is 32.1. The summed E-state index contributed by atoms with van der Waals surface area (Å²) < 4.78 is 9.65. The van der Waals surface area contributed by atoms with Crippen LogP contribution in [0.25, 0.3) is 0 Å². The molecule has 0 radical (unpaired) electrons. The molecule has 2 heterocycles. The number of nitrogens with one attached hydrogen (secondary N) is 1. The fraction of sp³-hybridized carbons (Fsp3) is 0.375. The van der Waals surface area contributed by atoms with E-state index in [2.05, 4.69) is 31.7 Å². The number of hydrogen-bond donors (Lipinski definition) is 1. The van der Waals surface area contributed by atoms with E-state index >= 15 is 0 Å². The lowest BCUT2D eigenvalue weighted by Gasteiger charge is -2.14. The SMILES string of the molecule is CCCc1nc(C(Nc2nc(CC)ns2)c2ccccc2)no1. The molecule has 1 N–H and O–H groups in total. The maximum Gasteiger partial charge on any atom is 0.226 e. The molecular weight excluding hydrogens is 310 g/mol. The zero-order chi connectivity index (χ0) is 16.1. The lowest BCUT2D eigenvalue weighted by Crippen LogP contribution is -2.14. The summed E-state index contributed by atoms with van der Waals surface area (Å²) in [5.74, 6) is 2.12. The second kappa shape index (κ2) is 7.32. The quantitative estimate of drug-likeness (QED) is 0.713. The summed E-state index contributed by atoms with van der Waals surface area (Å²) in [7, 11) is 0. The van der Waals surface area contributed by atoms with Gasteiger partial charge in [0.15, 0.2) is 5.82 Å². The first-order chi connectivity index (χ1) is 11.3. The Balaban J connectivity index is 1.89. The molecule has 7 heteroatoms. The number of aryl methyl sites for hydroxylation is 2. The van der Waals surface area contributed by atoms with Crippen molar-refractivity contribution >= 4 is 16.7 Å². The fourth-order valence-electron chi connectivity index (χ4n) is 2.22. The summed E-state index contributed by atoms with van der Waals surface area (Å²) in [5, 5.41) is 8.29. The van der Waals surface area contributed by atoms with Crippen molar-refractivity contribution in [2.24, 2.45) is 0 Å². The smallest absolute Gasteiger partial charge is 0.226 e. The standard InChI is InChI=1S/C16H19N5OS/c1-3-8-13-18-15(20-22-13)14(11-9-6-5-7-10-11)19-16-17-12(4-2)21-23-16/h5-7,9-10,14H,3-4,8H2,1-2H3,(H,17,19,21). The highest BCUT2D eigenvalue weighted by molar-refractivity contribution is 7.09. The van der Waals surface area contributed by atoms with Gasteiger partial charge < -0.3 is 9.84 Å². The van der Waals surface area contributed by atoms with Gasteiger partial charge in [-0.3, -0.25) is 0 Å². The van der Waals surface area contributed by atoms with Gasteiger partial charge in [-0.1, -0.05) is 49.3 Å². The first kappa shape index (κ1) is 15.6. The summed E-state index contributed by atoms with van der Waals surface area (Å²) in [6.45, 7) is 4.13. The van der Waals surface area contributed by atoms with Crippen molar-refractivity contribution in [1.82, 2.24) is 19.5 Å². The van der Waals surface area contributed by atoms with Crippen molar-refractivity contribution in [1.29, 1.82) is 0 Å². The summed E-state index contributed by atoms with van der Waals surface area (Å²) in [5.41, 5.74) is 1.06. The van der Waals surface area contributed by atoms with Gasteiger partial charge in [0.1, 0.15) is 11.9 Å². The monoisotopic (exact) mass is 329 g/mol. The number of hydrogen-bond acceptors (Lipinski definition) is 7. The molecular formula is C16H19N5OS. The van der Waals surface area contributed by atoms with E-state index in [1.54, 1.807) is 0 Å². The summed E-state index contributed by atoms with van der Waals surface area (Å²) in [4.78, 5) is 8.99. The predicted octanol–water partition coefficient (Wildman–Crippen LogP) is 3.64. The molecule has 1 aromatic carbocycles. The maximum absolute atomic E-state index is 5.34. The Labute approximate surface area is 139 Å². The predicted molar refractivity (Wildman–Crippen MR) is 89.5 cm³/mol. The minimum Gasteiger partial charge on any atom is -0.346 e. The van der Waals surface area contributed by atoms with Gasteiger partial charge in [-0.25, -0.2) is 4.98 Å². The Morgan fingerprint density at radius 1 is 1.17 bits per heavy atom. The van der Waals surface area contributed by atoms with Gasteiger partial charge in [-0.2, -0.15) is 9.36 Å². The molecule has 0 spiro atoms. The number of nitrogens with zero attached hydrogens (tertiary/aromatic N) is 4. The highest BCUT2D eigenvalue weighted by Gasteiger charge is 2.21. The van der Waals surface area contributed by atoms with E-state index in [1.165, 1.54) is 11.5 Å². The Bertz CT molecular complexity index is 740. The Morgan fingerprint density at radius 2 is 2.00 bits per heavy atom. The zero-order valence-corrected chi connectivity index (χ0v) is 14.0. The summed E-state index contributed by atoms with van der Waals surface area (Å²) >= 11 is 1.35. The van der Waals surface area contributed by atoms with E-state index in [0.29, 0.717) is 11.7 Å². The number of aromatic nitrogens is 4. The Kier molecular flexibility index (Phi) is 4.97. The van der Waals surface area contributed by atoms with Crippen LogP contribution >= 0.6 is 11.5 Å². The van der Waals surface area contributed by atoms with Crippen LogP contribution in [0.4, 0.5) is 5.13 Å². The third kappa shape index (κ3) is 3.73. The highest BCUT2D eigenvalue weighted by Crippen LogP contribution is 2.26. The van der Waals surface area contributed by atoms with Crippen molar-refractivity contribution in [3.8, 4) is 0 Å². The van der Waals surface area contributed by atoms with Gasteiger partial charge in [0.25, 0.3) is 0 Å². The van der Waals surface area contributed by atoms with Crippen molar-refractivity contribution in [2.75, 3.05) is 5.32 Å². The van der Waals surface area contributed by atoms with Crippen LogP contribution in [0, 0.1) is 0 Å². The van der Waals surface area contributed by atoms with E-state index in [9.17, 15) is 0 Å². The third-order valence-electron chi connectivity index (χ3n) is 3.39. The van der Waals surface area contributed by atoms with Crippen LogP contribution in [0.15, 0.2) is 34.9 Å². The average Bonchev–Trinajstić information content (AvgIpc) is 3.23. The zero-order valence-electron chi connectivity index (χ0n) is 13.2. The largest absolute Gasteiger partial charge is 0.346 e.